The molecule has 0 fully saturated rings. The van der Waals surface area contributed by atoms with Gasteiger partial charge in [0, 0.05) is 25.9 Å². The van der Waals surface area contributed by atoms with Crippen LogP contribution < -0.4 is 5.32 Å². The number of carbonyl (C=O) groups is 1. The average Bonchev–Trinajstić information content (AvgIpc) is 2.98. The number of rotatable bonds is 6. The molecule has 21 heavy (non-hydrogen) atoms. The predicted octanol–water partition coefficient (Wildman–Crippen LogP) is 3.74. The molecule has 112 valence electrons. The van der Waals surface area contributed by atoms with Gasteiger partial charge in [-0.1, -0.05) is 17.7 Å². The lowest BCUT2D eigenvalue weighted by Gasteiger charge is -2.22. The molecule has 0 bridgehead atoms. The predicted molar refractivity (Wildman–Crippen MR) is 86.8 cm³/mol. The molecule has 2 aromatic rings. The molecule has 4 nitrogen and oxygen atoms in total. The van der Waals surface area contributed by atoms with Crippen LogP contribution in [0.1, 0.15) is 11.1 Å². The smallest absolute Gasteiger partial charge is 0.322 e. The van der Waals surface area contributed by atoms with Crippen LogP contribution in [0.3, 0.4) is 0 Å². The molecule has 0 saturated carbocycles. The van der Waals surface area contributed by atoms with Crippen molar-refractivity contribution >= 4 is 23.1 Å². The lowest BCUT2D eigenvalue weighted by molar-refractivity contribution is 0.153. The molecule has 0 atom stereocenters. The third kappa shape index (κ3) is 4.88. The summed E-state index contributed by atoms with van der Waals surface area (Å²) in [7, 11) is 1.64. The fourth-order valence-corrected chi connectivity index (χ4v) is 2.56. The summed E-state index contributed by atoms with van der Waals surface area (Å²) in [6.45, 7) is 3.69. The van der Waals surface area contributed by atoms with Crippen molar-refractivity contribution < 1.29 is 9.53 Å². The standard InChI is InChI=1S/C16H20N2O2S/c1-13-3-5-15(6-4-13)17-16(19)18(8-9-20-2)11-14-7-10-21-12-14/h3-7,10,12H,8-9,11H2,1-2H3,(H,17,19). The van der Waals surface area contributed by atoms with Gasteiger partial charge in [0.05, 0.1) is 6.61 Å². The average molecular weight is 304 g/mol. The first-order chi connectivity index (χ1) is 10.2. The summed E-state index contributed by atoms with van der Waals surface area (Å²) in [4.78, 5) is 14.1. The van der Waals surface area contributed by atoms with Gasteiger partial charge in [-0.05, 0) is 41.4 Å². The molecular formula is C16H20N2O2S. The van der Waals surface area contributed by atoms with Crippen LogP contribution in [0.25, 0.3) is 0 Å². The monoisotopic (exact) mass is 304 g/mol. The Labute approximate surface area is 129 Å². The van der Waals surface area contributed by atoms with Gasteiger partial charge in [0.25, 0.3) is 0 Å². The highest BCUT2D eigenvalue weighted by Gasteiger charge is 2.14. The van der Waals surface area contributed by atoms with Gasteiger partial charge in [-0.3, -0.25) is 0 Å². The Kier molecular flexibility index (Phi) is 5.78. The van der Waals surface area contributed by atoms with Crippen LogP contribution in [0.2, 0.25) is 0 Å². The van der Waals surface area contributed by atoms with Crippen molar-refractivity contribution in [1.29, 1.82) is 0 Å². The van der Waals surface area contributed by atoms with E-state index >= 15 is 0 Å². The Balaban J connectivity index is 2.00. The number of nitrogens with zero attached hydrogens (tertiary/aromatic N) is 1. The number of urea groups is 1. The molecule has 0 aliphatic carbocycles. The lowest BCUT2D eigenvalue weighted by atomic mass is 10.2. The quantitative estimate of drug-likeness (QED) is 0.883. The highest BCUT2D eigenvalue weighted by atomic mass is 32.1. The van der Waals surface area contributed by atoms with Crippen LogP contribution in [0.15, 0.2) is 41.1 Å². The fourth-order valence-electron chi connectivity index (χ4n) is 1.90. The number of amides is 2. The minimum Gasteiger partial charge on any atom is -0.383 e. The summed E-state index contributed by atoms with van der Waals surface area (Å²) < 4.78 is 5.09. The molecule has 1 aromatic heterocycles. The molecule has 0 unspecified atom stereocenters. The number of nitrogens with one attached hydrogen (secondary N) is 1. The van der Waals surface area contributed by atoms with Gasteiger partial charge in [0.2, 0.25) is 0 Å². The molecule has 0 aliphatic rings. The fraction of sp³-hybridized carbons (Fsp3) is 0.312. The third-order valence-corrected chi connectivity index (χ3v) is 3.84. The number of thiophene rings is 1. The second-order valence-corrected chi connectivity index (χ2v) is 5.62. The highest BCUT2D eigenvalue weighted by Crippen LogP contribution is 2.13. The molecule has 2 rings (SSSR count). The molecule has 1 heterocycles. The van der Waals surface area contributed by atoms with E-state index < -0.39 is 0 Å². The molecule has 0 aliphatic heterocycles. The van der Waals surface area contributed by atoms with Crippen molar-refractivity contribution in [2.45, 2.75) is 13.5 Å². The first-order valence-electron chi connectivity index (χ1n) is 6.81. The molecule has 0 spiro atoms. The van der Waals surface area contributed by atoms with Gasteiger partial charge in [-0.15, -0.1) is 0 Å². The van der Waals surface area contributed by atoms with Crippen LogP contribution in [0.4, 0.5) is 10.5 Å². The van der Waals surface area contributed by atoms with E-state index in [0.717, 1.165) is 11.3 Å². The van der Waals surface area contributed by atoms with Crippen LogP contribution >= 0.6 is 11.3 Å². The van der Waals surface area contributed by atoms with E-state index in [1.807, 2.05) is 42.6 Å². The Hall–Kier alpha value is -1.85. The van der Waals surface area contributed by atoms with Crippen molar-refractivity contribution in [1.82, 2.24) is 4.90 Å². The van der Waals surface area contributed by atoms with Crippen molar-refractivity contribution in [3.63, 3.8) is 0 Å². The topological polar surface area (TPSA) is 41.6 Å². The van der Waals surface area contributed by atoms with E-state index in [1.54, 1.807) is 23.3 Å². The van der Waals surface area contributed by atoms with E-state index in [4.69, 9.17) is 4.74 Å². The molecule has 2 amide bonds. The molecule has 1 aromatic carbocycles. The summed E-state index contributed by atoms with van der Waals surface area (Å²) >= 11 is 1.63. The molecule has 0 saturated heterocycles. The van der Waals surface area contributed by atoms with Crippen molar-refractivity contribution in [3.05, 3.63) is 52.2 Å². The van der Waals surface area contributed by atoms with Gasteiger partial charge < -0.3 is 15.0 Å². The maximum atomic E-state index is 12.4. The molecular weight excluding hydrogens is 284 g/mol. The number of aryl methyl sites for hydroxylation is 1. The number of methoxy groups -OCH3 is 1. The summed E-state index contributed by atoms with van der Waals surface area (Å²) in [6.07, 6.45) is 0. The second kappa shape index (κ2) is 7.81. The minimum atomic E-state index is -0.109. The van der Waals surface area contributed by atoms with Gasteiger partial charge >= 0.3 is 6.03 Å². The SMILES string of the molecule is COCCN(Cc1ccsc1)C(=O)Nc1ccc(C)cc1. The van der Waals surface area contributed by atoms with Crippen molar-refractivity contribution in [2.24, 2.45) is 0 Å². The summed E-state index contributed by atoms with van der Waals surface area (Å²) in [5, 5.41) is 7.00. The first kappa shape index (κ1) is 15.5. The van der Waals surface area contributed by atoms with Gasteiger partial charge in [0.15, 0.2) is 0 Å². The van der Waals surface area contributed by atoms with Gasteiger partial charge in [-0.2, -0.15) is 11.3 Å². The van der Waals surface area contributed by atoms with Crippen LogP contribution in [0, 0.1) is 6.92 Å². The van der Waals surface area contributed by atoms with Gasteiger partial charge in [0.1, 0.15) is 0 Å². The number of benzene rings is 1. The lowest BCUT2D eigenvalue weighted by Crippen LogP contribution is -2.36. The Bertz CT molecular complexity index is 552. The summed E-state index contributed by atoms with van der Waals surface area (Å²) in [5.74, 6) is 0. The van der Waals surface area contributed by atoms with Crippen molar-refractivity contribution in [2.75, 3.05) is 25.6 Å². The van der Waals surface area contributed by atoms with Crippen LogP contribution in [-0.2, 0) is 11.3 Å². The maximum Gasteiger partial charge on any atom is 0.322 e. The zero-order valence-electron chi connectivity index (χ0n) is 12.3. The van der Waals surface area contributed by atoms with E-state index in [-0.39, 0.29) is 6.03 Å². The number of ether oxygens (including phenoxy) is 1. The Morgan fingerprint density at radius 1 is 1.29 bits per heavy atom. The normalized spacial score (nSPS) is 10.4. The zero-order valence-corrected chi connectivity index (χ0v) is 13.2. The maximum absolute atomic E-state index is 12.4. The molecule has 0 radical (unpaired) electrons. The zero-order chi connectivity index (χ0) is 15.1. The number of hydrogen-bond acceptors (Lipinski definition) is 3. The Morgan fingerprint density at radius 2 is 2.05 bits per heavy atom. The minimum absolute atomic E-state index is 0.109. The van der Waals surface area contributed by atoms with Crippen LogP contribution in [-0.4, -0.2) is 31.2 Å². The number of carbonyl (C=O) groups excluding carboxylic acids is 1. The summed E-state index contributed by atoms with van der Waals surface area (Å²) in [6, 6.07) is 9.70. The van der Waals surface area contributed by atoms with Gasteiger partial charge in [-0.25, -0.2) is 4.79 Å². The first-order valence-corrected chi connectivity index (χ1v) is 7.76. The van der Waals surface area contributed by atoms with Crippen molar-refractivity contribution in [3.8, 4) is 0 Å². The third-order valence-electron chi connectivity index (χ3n) is 3.11. The summed E-state index contributed by atoms with van der Waals surface area (Å²) in [5.41, 5.74) is 3.11. The van der Waals surface area contributed by atoms with E-state index in [9.17, 15) is 4.79 Å². The van der Waals surface area contributed by atoms with Crippen LogP contribution in [0.5, 0.6) is 0 Å². The van der Waals surface area contributed by atoms with E-state index in [0.29, 0.717) is 19.7 Å². The highest BCUT2D eigenvalue weighted by molar-refractivity contribution is 7.07. The number of hydrogen-bond donors (Lipinski definition) is 1. The second-order valence-electron chi connectivity index (χ2n) is 4.84. The number of anilines is 1. The molecule has 1 N–H and O–H groups in total. The molecule has 5 heteroatoms. The van der Waals surface area contributed by atoms with E-state index in [2.05, 4.69) is 10.7 Å². The van der Waals surface area contributed by atoms with E-state index in [1.165, 1.54) is 5.56 Å². The Morgan fingerprint density at radius 3 is 2.67 bits per heavy atom. The largest absolute Gasteiger partial charge is 0.383 e.